The van der Waals surface area contributed by atoms with E-state index in [0.717, 1.165) is 32.0 Å². The number of hydrogen-bond donors (Lipinski definition) is 3. The fourth-order valence-corrected chi connectivity index (χ4v) is 2.37. The topological polar surface area (TPSA) is 110 Å². The molecule has 1 saturated heterocycles. The fourth-order valence-electron chi connectivity index (χ4n) is 2.37. The van der Waals surface area contributed by atoms with Gasteiger partial charge in [-0.05, 0) is 37.9 Å². The van der Waals surface area contributed by atoms with Crippen molar-refractivity contribution in [3.8, 4) is 0 Å². The summed E-state index contributed by atoms with van der Waals surface area (Å²) in [5.74, 6) is -1.16. The quantitative estimate of drug-likeness (QED) is 0.439. The minimum absolute atomic E-state index is 0. The molecule has 1 aliphatic heterocycles. The summed E-state index contributed by atoms with van der Waals surface area (Å²) in [4.78, 5) is 22.0. The molecule has 1 amide bonds. The molecule has 0 saturated carbocycles. The summed E-state index contributed by atoms with van der Waals surface area (Å²) >= 11 is 0. The molecule has 2 rings (SSSR count). The van der Waals surface area contributed by atoms with Crippen molar-refractivity contribution >= 4 is 29.7 Å². The molecule has 1 aromatic carbocycles. The average Bonchev–Trinajstić information content (AvgIpc) is 2.47. The Morgan fingerprint density at radius 1 is 1.55 bits per heavy atom. The molecule has 9 heteroatoms. The summed E-state index contributed by atoms with van der Waals surface area (Å²) in [5, 5.41) is 16.6. The highest BCUT2D eigenvalue weighted by Crippen LogP contribution is 2.26. The third kappa shape index (κ3) is 4.28. The smallest absolute Gasteiger partial charge is 0.295 e. The third-order valence-electron chi connectivity index (χ3n) is 3.51. The molecule has 122 valence electrons. The van der Waals surface area contributed by atoms with Crippen LogP contribution in [0.5, 0.6) is 0 Å². The van der Waals surface area contributed by atoms with Gasteiger partial charge in [-0.25, -0.2) is 4.39 Å². The highest BCUT2D eigenvalue weighted by atomic mass is 35.5. The molecule has 0 radical (unpaired) electrons. The SMILES string of the molecule is Cl.Nc1c(C(=O)NCC2CCCNC2)cc(F)cc1[N+](=O)[O-]. The Morgan fingerprint density at radius 2 is 2.27 bits per heavy atom. The van der Waals surface area contributed by atoms with Gasteiger partial charge in [0.2, 0.25) is 0 Å². The van der Waals surface area contributed by atoms with Crippen LogP contribution in [0, 0.1) is 21.8 Å². The predicted octanol–water partition coefficient (Wildman–Crippen LogP) is 1.47. The van der Waals surface area contributed by atoms with Crippen LogP contribution in [0.2, 0.25) is 0 Å². The van der Waals surface area contributed by atoms with Gasteiger partial charge in [-0.3, -0.25) is 14.9 Å². The molecule has 0 bridgehead atoms. The lowest BCUT2D eigenvalue weighted by atomic mass is 9.99. The molecule has 22 heavy (non-hydrogen) atoms. The first-order valence-corrected chi connectivity index (χ1v) is 6.71. The van der Waals surface area contributed by atoms with Gasteiger partial charge >= 0.3 is 0 Å². The number of nitrogen functional groups attached to an aromatic ring is 1. The number of amides is 1. The zero-order chi connectivity index (χ0) is 15.4. The number of hydrogen-bond acceptors (Lipinski definition) is 5. The van der Waals surface area contributed by atoms with Gasteiger partial charge in [0.15, 0.2) is 0 Å². The van der Waals surface area contributed by atoms with Crippen LogP contribution in [0.4, 0.5) is 15.8 Å². The highest BCUT2D eigenvalue weighted by molar-refractivity contribution is 6.01. The monoisotopic (exact) mass is 332 g/mol. The molecule has 0 aromatic heterocycles. The fraction of sp³-hybridized carbons (Fsp3) is 0.462. The van der Waals surface area contributed by atoms with Crippen LogP contribution in [0.1, 0.15) is 23.2 Å². The summed E-state index contributed by atoms with van der Waals surface area (Å²) < 4.78 is 13.4. The van der Waals surface area contributed by atoms with E-state index in [1.165, 1.54) is 0 Å². The number of benzene rings is 1. The number of piperidine rings is 1. The highest BCUT2D eigenvalue weighted by Gasteiger charge is 2.22. The molecule has 1 atom stereocenters. The normalized spacial score (nSPS) is 17.4. The van der Waals surface area contributed by atoms with Crippen LogP contribution >= 0.6 is 12.4 Å². The summed E-state index contributed by atoms with van der Waals surface area (Å²) in [6, 6.07) is 1.62. The van der Waals surface area contributed by atoms with Gasteiger partial charge in [-0.2, -0.15) is 0 Å². The molecule has 1 aromatic rings. The molecular formula is C13H18ClFN4O3. The molecule has 1 aliphatic rings. The van der Waals surface area contributed by atoms with Gasteiger partial charge in [0.1, 0.15) is 11.5 Å². The lowest BCUT2D eigenvalue weighted by Gasteiger charge is -2.23. The average molecular weight is 333 g/mol. The van der Waals surface area contributed by atoms with E-state index < -0.39 is 22.3 Å². The van der Waals surface area contributed by atoms with Gasteiger partial charge < -0.3 is 16.4 Å². The minimum atomic E-state index is -0.861. The lowest BCUT2D eigenvalue weighted by Crippen LogP contribution is -2.38. The van der Waals surface area contributed by atoms with Crippen LogP contribution in [-0.4, -0.2) is 30.5 Å². The zero-order valence-corrected chi connectivity index (χ0v) is 12.6. The van der Waals surface area contributed by atoms with Crippen molar-refractivity contribution in [3.63, 3.8) is 0 Å². The number of nitrogens with one attached hydrogen (secondary N) is 2. The zero-order valence-electron chi connectivity index (χ0n) is 11.8. The maximum atomic E-state index is 13.4. The van der Waals surface area contributed by atoms with Crippen LogP contribution in [0.25, 0.3) is 0 Å². The van der Waals surface area contributed by atoms with Crippen LogP contribution in [0.15, 0.2) is 12.1 Å². The maximum Gasteiger partial charge on any atom is 0.295 e. The number of rotatable bonds is 4. The van der Waals surface area contributed by atoms with E-state index in [1.54, 1.807) is 0 Å². The molecule has 7 nitrogen and oxygen atoms in total. The minimum Gasteiger partial charge on any atom is -0.393 e. The van der Waals surface area contributed by atoms with Crippen LogP contribution in [-0.2, 0) is 0 Å². The molecule has 4 N–H and O–H groups in total. The van der Waals surface area contributed by atoms with Gasteiger partial charge in [0, 0.05) is 6.54 Å². The summed E-state index contributed by atoms with van der Waals surface area (Å²) in [6.45, 7) is 2.20. The second kappa shape index (κ2) is 7.90. The Balaban J connectivity index is 0.00000242. The predicted molar refractivity (Wildman–Crippen MR) is 82.6 cm³/mol. The first-order valence-electron chi connectivity index (χ1n) is 6.71. The van der Waals surface area contributed by atoms with E-state index in [2.05, 4.69) is 10.6 Å². The van der Waals surface area contributed by atoms with E-state index in [1.807, 2.05) is 0 Å². The Kier molecular flexibility index (Phi) is 6.51. The van der Waals surface area contributed by atoms with Crippen molar-refractivity contribution in [2.45, 2.75) is 12.8 Å². The number of nitro groups is 1. The van der Waals surface area contributed by atoms with Gasteiger partial charge in [0.25, 0.3) is 11.6 Å². The molecule has 1 heterocycles. The Bertz CT molecular complexity index is 564. The number of halogens is 2. The number of carbonyl (C=O) groups is 1. The molecular weight excluding hydrogens is 315 g/mol. The Morgan fingerprint density at radius 3 is 2.86 bits per heavy atom. The summed E-state index contributed by atoms with van der Waals surface area (Å²) in [6.07, 6.45) is 2.03. The first kappa shape index (κ1) is 18.1. The molecule has 0 spiro atoms. The molecule has 0 aliphatic carbocycles. The van der Waals surface area contributed by atoms with Gasteiger partial charge in [-0.1, -0.05) is 0 Å². The van der Waals surface area contributed by atoms with Crippen molar-refractivity contribution in [2.24, 2.45) is 5.92 Å². The maximum absolute atomic E-state index is 13.4. The first-order chi connectivity index (χ1) is 9.99. The van der Waals surface area contributed by atoms with Crippen molar-refractivity contribution in [2.75, 3.05) is 25.4 Å². The largest absolute Gasteiger partial charge is 0.393 e. The standard InChI is InChI=1S/C13H17FN4O3.ClH/c14-9-4-10(12(15)11(5-9)18(20)21)13(19)17-7-8-2-1-3-16-6-8;/h4-5,8,16H,1-3,6-7,15H2,(H,17,19);1H. The Hall–Kier alpha value is -1.93. The van der Waals surface area contributed by atoms with E-state index >= 15 is 0 Å². The third-order valence-corrected chi connectivity index (χ3v) is 3.51. The molecule has 1 fully saturated rings. The number of carbonyl (C=O) groups excluding carboxylic acids is 1. The van der Waals surface area contributed by atoms with E-state index in [-0.39, 0.29) is 23.7 Å². The van der Waals surface area contributed by atoms with E-state index in [0.29, 0.717) is 18.5 Å². The Labute approximate surface area is 133 Å². The van der Waals surface area contributed by atoms with Crippen molar-refractivity contribution in [1.82, 2.24) is 10.6 Å². The van der Waals surface area contributed by atoms with Gasteiger partial charge in [0.05, 0.1) is 16.6 Å². The number of nitro benzene ring substituents is 1. The van der Waals surface area contributed by atoms with Gasteiger partial charge in [-0.15, -0.1) is 12.4 Å². The summed E-state index contributed by atoms with van der Waals surface area (Å²) in [7, 11) is 0. The number of nitrogens with two attached hydrogens (primary N) is 1. The van der Waals surface area contributed by atoms with Crippen LogP contribution in [0.3, 0.4) is 0 Å². The van der Waals surface area contributed by atoms with Crippen molar-refractivity contribution in [3.05, 3.63) is 33.6 Å². The van der Waals surface area contributed by atoms with E-state index in [9.17, 15) is 19.3 Å². The second-order valence-electron chi connectivity index (χ2n) is 5.07. The molecule has 1 unspecified atom stereocenters. The number of nitrogens with zero attached hydrogens (tertiary/aromatic N) is 1. The van der Waals surface area contributed by atoms with E-state index in [4.69, 9.17) is 5.73 Å². The van der Waals surface area contributed by atoms with Crippen molar-refractivity contribution < 1.29 is 14.1 Å². The van der Waals surface area contributed by atoms with Crippen molar-refractivity contribution in [1.29, 1.82) is 0 Å². The summed E-state index contributed by atoms with van der Waals surface area (Å²) in [5.41, 5.74) is 4.46. The lowest BCUT2D eigenvalue weighted by molar-refractivity contribution is -0.384. The number of anilines is 1. The van der Waals surface area contributed by atoms with Crippen LogP contribution < -0.4 is 16.4 Å². The second-order valence-corrected chi connectivity index (χ2v) is 5.07.